The smallest absolute Gasteiger partial charge is 0.302 e. The van der Waals surface area contributed by atoms with E-state index in [9.17, 15) is 4.79 Å². The van der Waals surface area contributed by atoms with Crippen LogP contribution in [0, 0.1) is 0 Å². The first kappa shape index (κ1) is 18.3. The van der Waals surface area contributed by atoms with Crippen molar-refractivity contribution in [3.8, 4) is 5.75 Å². The summed E-state index contributed by atoms with van der Waals surface area (Å²) < 4.78 is 12.3. The standard InChI is InChI=1S/C24H30O3/c1-17(25)26-22-14-8-7-13-21(22)24-20-12-6-5-9-18(20)15-16-23(24)27-19-10-3-2-4-11-19/h5-6,9,12,15-16,19,21-22H,2-4,7-8,10-11,13-14H2,1H3/t21-,22+/m0/s1. The van der Waals surface area contributed by atoms with Crippen LogP contribution in [0.2, 0.25) is 0 Å². The molecule has 4 rings (SSSR count). The molecule has 2 aliphatic rings. The van der Waals surface area contributed by atoms with E-state index in [-0.39, 0.29) is 18.0 Å². The normalized spacial score (nSPS) is 23.9. The Morgan fingerprint density at radius 2 is 1.63 bits per heavy atom. The number of fused-ring (bicyclic) bond motifs is 1. The largest absolute Gasteiger partial charge is 0.490 e. The number of hydrogen-bond acceptors (Lipinski definition) is 3. The zero-order valence-electron chi connectivity index (χ0n) is 16.3. The molecule has 144 valence electrons. The van der Waals surface area contributed by atoms with Crippen LogP contribution in [0.4, 0.5) is 0 Å². The second-order valence-electron chi connectivity index (χ2n) is 8.12. The average molecular weight is 367 g/mol. The van der Waals surface area contributed by atoms with Crippen LogP contribution >= 0.6 is 0 Å². The van der Waals surface area contributed by atoms with E-state index in [1.165, 1.54) is 48.9 Å². The zero-order chi connectivity index (χ0) is 18.6. The number of hydrogen-bond donors (Lipinski definition) is 0. The lowest BCUT2D eigenvalue weighted by Crippen LogP contribution is -2.29. The van der Waals surface area contributed by atoms with Crippen molar-refractivity contribution in [3.63, 3.8) is 0 Å². The maximum absolute atomic E-state index is 11.7. The molecule has 0 spiro atoms. The van der Waals surface area contributed by atoms with Crippen LogP contribution in [0.5, 0.6) is 5.75 Å². The first-order valence-electron chi connectivity index (χ1n) is 10.6. The summed E-state index contributed by atoms with van der Waals surface area (Å²) >= 11 is 0. The number of esters is 1. The highest BCUT2D eigenvalue weighted by Gasteiger charge is 2.33. The monoisotopic (exact) mass is 366 g/mol. The predicted molar refractivity (Wildman–Crippen MR) is 108 cm³/mol. The Morgan fingerprint density at radius 3 is 2.44 bits per heavy atom. The van der Waals surface area contributed by atoms with Gasteiger partial charge in [-0.15, -0.1) is 0 Å². The summed E-state index contributed by atoms with van der Waals surface area (Å²) in [4.78, 5) is 11.7. The van der Waals surface area contributed by atoms with Crippen molar-refractivity contribution in [2.75, 3.05) is 0 Å². The highest BCUT2D eigenvalue weighted by Crippen LogP contribution is 2.43. The second-order valence-corrected chi connectivity index (χ2v) is 8.12. The van der Waals surface area contributed by atoms with E-state index in [4.69, 9.17) is 9.47 Å². The number of benzene rings is 2. The predicted octanol–water partition coefficient (Wildman–Crippen LogP) is 6.14. The molecule has 0 radical (unpaired) electrons. The van der Waals surface area contributed by atoms with E-state index in [2.05, 4.69) is 36.4 Å². The summed E-state index contributed by atoms with van der Waals surface area (Å²) in [5, 5.41) is 2.48. The topological polar surface area (TPSA) is 35.5 Å². The molecule has 0 unspecified atom stereocenters. The van der Waals surface area contributed by atoms with Crippen LogP contribution in [-0.2, 0) is 9.53 Å². The molecule has 27 heavy (non-hydrogen) atoms. The van der Waals surface area contributed by atoms with Crippen LogP contribution in [-0.4, -0.2) is 18.2 Å². The van der Waals surface area contributed by atoms with Gasteiger partial charge >= 0.3 is 5.97 Å². The van der Waals surface area contributed by atoms with Gasteiger partial charge in [-0.05, 0) is 61.8 Å². The van der Waals surface area contributed by atoms with Gasteiger partial charge in [0.2, 0.25) is 0 Å². The van der Waals surface area contributed by atoms with Gasteiger partial charge in [0.05, 0.1) is 6.10 Å². The lowest BCUT2D eigenvalue weighted by atomic mass is 9.79. The summed E-state index contributed by atoms with van der Waals surface area (Å²) in [6.07, 6.45) is 10.7. The van der Waals surface area contributed by atoms with Gasteiger partial charge < -0.3 is 9.47 Å². The molecular weight excluding hydrogens is 336 g/mol. The average Bonchev–Trinajstić information content (AvgIpc) is 2.69. The van der Waals surface area contributed by atoms with Gasteiger partial charge in [-0.25, -0.2) is 0 Å². The van der Waals surface area contributed by atoms with Crippen molar-refractivity contribution < 1.29 is 14.3 Å². The van der Waals surface area contributed by atoms with Gasteiger partial charge in [0.25, 0.3) is 0 Å². The molecule has 2 aliphatic carbocycles. The van der Waals surface area contributed by atoms with Crippen LogP contribution < -0.4 is 4.74 Å². The van der Waals surface area contributed by atoms with E-state index in [1.54, 1.807) is 0 Å². The van der Waals surface area contributed by atoms with Crippen molar-refractivity contribution in [1.29, 1.82) is 0 Å². The van der Waals surface area contributed by atoms with Gasteiger partial charge in [0.1, 0.15) is 11.9 Å². The number of carbonyl (C=O) groups excluding carboxylic acids is 1. The Kier molecular flexibility index (Phi) is 5.66. The van der Waals surface area contributed by atoms with E-state index < -0.39 is 0 Å². The summed E-state index contributed by atoms with van der Waals surface area (Å²) in [5.74, 6) is 1.04. The first-order chi connectivity index (χ1) is 13.2. The van der Waals surface area contributed by atoms with Crippen LogP contribution in [0.1, 0.15) is 76.2 Å². The highest BCUT2D eigenvalue weighted by molar-refractivity contribution is 5.88. The number of rotatable bonds is 4. The van der Waals surface area contributed by atoms with E-state index in [1.807, 2.05) is 0 Å². The summed E-state index contributed by atoms with van der Waals surface area (Å²) in [6, 6.07) is 12.8. The van der Waals surface area contributed by atoms with Crippen molar-refractivity contribution in [2.45, 2.75) is 82.8 Å². The van der Waals surface area contributed by atoms with Gasteiger partial charge in [0, 0.05) is 18.4 Å². The summed E-state index contributed by atoms with van der Waals surface area (Å²) in [5.41, 5.74) is 1.25. The molecule has 0 N–H and O–H groups in total. The van der Waals surface area contributed by atoms with E-state index in [0.29, 0.717) is 6.10 Å². The van der Waals surface area contributed by atoms with Gasteiger partial charge in [0.15, 0.2) is 0 Å². The quantitative estimate of drug-likeness (QED) is 0.610. The third-order valence-electron chi connectivity index (χ3n) is 6.17. The minimum atomic E-state index is -0.179. The fraction of sp³-hybridized carbons (Fsp3) is 0.542. The molecule has 2 saturated carbocycles. The molecule has 3 nitrogen and oxygen atoms in total. The summed E-state index contributed by atoms with van der Waals surface area (Å²) in [6.45, 7) is 1.52. The molecule has 2 atom stereocenters. The molecule has 3 heteroatoms. The Labute approximate surface area is 162 Å². The zero-order valence-corrected chi connectivity index (χ0v) is 16.3. The van der Waals surface area contributed by atoms with Crippen molar-refractivity contribution in [3.05, 3.63) is 42.0 Å². The fourth-order valence-electron chi connectivity index (χ4n) is 4.90. The third kappa shape index (κ3) is 4.12. The number of ether oxygens (including phenoxy) is 2. The Morgan fingerprint density at radius 1 is 0.889 bits per heavy atom. The Hall–Kier alpha value is -2.03. The first-order valence-corrected chi connectivity index (χ1v) is 10.6. The minimum absolute atomic E-state index is 0.0456. The highest BCUT2D eigenvalue weighted by atomic mass is 16.5. The molecule has 0 amide bonds. The molecule has 2 aromatic rings. The third-order valence-corrected chi connectivity index (χ3v) is 6.17. The molecular formula is C24H30O3. The maximum atomic E-state index is 11.7. The van der Waals surface area contributed by atoms with Crippen molar-refractivity contribution in [1.82, 2.24) is 0 Å². The lowest BCUT2D eigenvalue weighted by molar-refractivity contribution is -0.148. The molecule has 0 aromatic heterocycles. The lowest BCUT2D eigenvalue weighted by Gasteiger charge is -2.34. The minimum Gasteiger partial charge on any atom is -0.490 e. The van der Waals surface area contributed by atoms with Crippen molar-refractivity contribution >= 4 is 16.7 Å². The molecule has 2 fully saturated rings. The molecule has 2 aromatic carbocycles. The fourth-order valence-corrected chi connectivity index (χ4v) is 4.90. The second kappa shape index (κ2) is 8.33. The Balaban J connectivity index is 1.75. The Bertz CT molecular complexity index is 791. The van der Waals surface area contributed by atoms with Crippen LogP contribution in [0.25, 0.3) is 10.8 Å². The number of carbonyl (C=O) groups is 1. The van der Waals surface area contributed by atoms with Gasteiger partial charge in [-0.2, -0.15) is 0 Å². The van der Waals surface area contributed by atoms with Gasteiger partial charge in [-0.3, -0.25) is 4.79 Å². The van der Waals surface area contributed by atoms with Gasteiger partial charge in [-0.1, -0.05) is 43.2 Å². The van der Waals surface area contributed by atoms with Crippen LogP contribution in [0.3, 0.4) is 0 Å². The molecule has 0 aliphatic heterocycles. The molecule has 0 bridgehead atoms. The maximum Gasteiger partial charge on any atom is 0.302 e. The van der Waals surface area contributed by atoms with Crippen molar-refractivity contribution in [2.24, 2.45) is 0 Å². The molecule has 0 heterocycles. The summed E-state index contributed by atoms with van der Waals surface area (Å²) in [7, 11) is 0. The molecule has 0 saturated heterocycles. The van der Waals surface area contributed by atoms with Crippen LogP contribution in [0.15, 0.2) is 36.4 Å². The van der Waals surface area contributed by atoms with E-state index in [0.717, 1.165) is 37.9 Å². The SMILES string of the molecule is CC(=O)O[C@@H]1CCCC[C@@H]1c1c(OC2CCCCC2)ccc2ccccc12. The van der Waals surface area contributed by atoms with E-state index >= 15 is 0 Å².